The van der Waals surface area contributed by atoms with E-state index in [9.17, 15) is 38.4 Å². The van der Waals surface area contributed by atoms with Crippen LogP contribution in [0.25, 0.3) is 0 Å². The molecule has 8 unspecified atom stereocenters. The molecule has 1 aliphatic carbocycles. The maximum Gasteiger partial charge on any atom is 0.271 e. The van der Waals surface area contributed by atoms with Crippen molar-refractivity contribution >= 4 is 35.0 Å². The van der Waals surface area contributed by atoms with Crippen LogP contribution in [-0.4, -0.2) is 66.3 Å². The van der Waals surface area contributed by atoms with Crippen LogP contribution in [0.5, 0.6) is 0 Å². The van der Waals surface area contributed by atoms with Gasteiger partial charge in [0.15, 0.2) is 24.2 Å². The van der Waals surface area contributed by atoms with Crippen molar-refractivity contribution < 1.29 is 73.0 Å². The summed E-state index contributed by atoms with van der Waals surface area (Å²) >= 11 is 1.25. The zero-order valence-electron chi connectivity index (χ0n) is 22.5. The number of hydrogen-bond acceptors (Lipinski definition) is 12. The van der Waals surface area contributed by atoms with Gasteiger partial charge in [-0.25, -0.2) is 5.32 Å². The van der Waals surface area contributed by atoms with Crippen LogP contribution >= 0.6 is 35.0 Å². The smallest absolute Gasteiger partial charge is 0.271 e. The third kappa shape index (κ3) is 8.35. The Morgan fingerprint density at radius 3 is 2.33 bits per heavy atom. The molecule has 0 aromatic carbocycles. The molecular formula is C20H43N4O11P3S. The number of phosphoric ester groups is 1. The molecule has 0 aromatic heterocycles. The van der Waals surface area contributed by atoms with Crippen LogP contribution in [0.15, 0.2) is 0 Å². The fourth-order valence-electron chi connectivity index (χ4n) is 6.25. The van der Waals surface area contributed by atoms with E-state index in [2.05, 4.69) is 32.1 Å². The third-order valence-corrected chi connectivity index (χ3v) is 14.6. The lowest BCUT2D eigenvalue weighted by atomic mass is 9.84. The number of rotatable bonds is 12. The van der Waals surface area contributed by atoms with Gasteiger partial charge in [0, 0.05) is 20.0 Å². The van der Waals surface area contributed by atoms with E-state index in [1.165, 1.54) is 11.8 Å². The highest BCUT2D eigenvalue weighted by molar-refractivity contribution is 8.00. The highest BCUT2D eigenvalue weighted by Crippen LogP contribution is 2.60. The lowest BCUT2D eigenvalue weighted by molar-refractivity contribution is -1.00. The van der Waals surface area contributed by atoms with Crippen molar-refractivity contribution in [2.24, 2.45) is 11.8 Å². The van der Waals surface area contributed by atoms with Gasteiger partial charge < -0.3 is 53.5 Å². The molecule has 0 amide bonds. The molecule has 2 saturated heterocycles. The summed E-state index contributed by atoms with van der Waals surface area (Å²) in [6.45, 7) is 4.82. The maximum absolute atomic E-state index is 13.4. The topological polar surface area (TPSA) is 257 Å². The lowest BCUT2D eigenvalue weighted by Gasteiger charge is -2.49. The van der Waals surface area contributed by atoms with Crippen molar-refractivity contribution in [3.8, 4) is 0 Å². The zero-order chi connectivity index (χ0) is 29.2. The van der Waals surface area contributed by atoms with Crippen LogP contribution in [0.1, 0.15) is 52.4 Å². The number of nitrogens with two attached hydrogens (primary N) is 2. The summed E-state index contributed by atoms with van der Waals surface area (Å²) in [4.78, 5) is 47.5. The summed E-state index contributed by atoms with van der Waals surface area (Å²) in [7, 11) is -14.9. The van der Waals surface area contributed by atoms with Gasteiger partial charge >= 0.3 is 0 Å². The molecule has 230 valence electrons. The van der Waals surface area contributed by atoms with Crippen molar-refractivity contribution in [1.29, 1.82) is 0 Å². The molecule has 0 radical (unpaired) electrons. The Bertz CT molecular complexity index is 973. The highest BCUT2D eigenvalue weighted by Gasteiger charge is 2.62. The summed E-state index contributed by atoms with van der Waals surface area (Å²) in [5.41, 5.74) is 4.29. The van der Waals surface area contributed by atoms with E-state index in [-0.39, 0.29) is 29.8 Å². The summed E-state index contributed by atoms with van der Waals surface area (Å²) in [6.07, 6.45) is 4.05. The Labute approximate surface area is 233 Å². The largest absolute Gasteiger partial charge is 0.790 e. The van der Waals surface area contributed by atoms with Gasteiger partial charge in [-0.15, -0.1) is 0 Å². The van der Waals surface area contributed by atoms with Crippen LogP contribution in [0.4, 0.5) is 0 Å². The molecule has 15 nitrogen and oxygen atoms in total. The second-order valence-electron chi connectivity index (χ2n) is 11.0. The first-order valence-electron chi connectivity index (χ1n) is 13.3. The average molecular weight is 641 g/mol. The number of quaternary nitrogens is 4. The number of phosphoric acid groups is 2. The van der Waals surface area contributed by atoms with Crippen LogP contribution in [-0.2, 0) is 27.1 Å². The zero-order valence-corrected chi connectivity index (χ0v) is 26.0. The highest BCUT2D eigenvalue weighted by atomic mass is 32.2. The second kappa shape index (κ2) is 13.5. The molecule has 3 fully saturated rings. The molecule has 39 heavy (non-hydrogen) atoms. The molecule has 3 rings (SSSR count). The Morgan fingerprint density at radius 1 is 1.13 bits per heavy atom. The van der Waals surface area contributed by atoms with Gasteiger partial charge in [-0.3, -0.25) is 14.2 Å². The molecule has 19 heteroatoms. The Kier molecular flexibility index (Phi) is 11.8. The molecule has 9 N–H and O–H groups in total. The number of aliphatic hydroxyl groups is 1. The van der Waals surface area contributed by atoms with E-state index in [1.54, 1.807) is 0 Å². The Balaban J connectivity index is 1.88. The van der Waals surface area contributed by atoms with E-state index >= 15 is 0 Å². The summed E-state index contributed by atoms with van der Waals surface area (Å²) in [5.74, 6) is -0.415. The van der Waals surface area contributed by atoms with Gasteiger partial charge in [-0.1, -0.05) is 31.0 Å². The fraction of sp³-hybridized carbons (Fsp3) is 1.00. The molecular weight excluding hydrogens is 597 g/mol. The monoisotopic (exact) mass is 640 g/mol. The van der Waals surface area contributed by atoms with Gasteiger partial charge in [-0.2, -0.15) is 0 Å². The first kappa shape index (κ1) is 34.1. The molecule has 3 aliphatic rings. The summed E-state index contributed by atoms with van der Waals surface area (Å²) < 4.78 is 49.0. The van der Waals surface area contributed by atoms with E-state index < -0.39 is 46.5 Å². The first-order chi connectivity index (χ1) is 18.0. The van der Waals surface area contributed by atoms with Gasteiger partial charge in [0.05, 0.1) is 32.3 Å². The number of hydrogen-bond donors (Lipinski definition) is 5. The predicted octanol–water partition coefficient (Wildman–Crippen LogP) is -5.44. The Morgan fingerprint density at radius 2 is 1.77 bits per heavy atom. The quantitative estimate of drug-likeness (QED) is 0.125. The third-order valence-electron chi connectivity index (χ3n) is 8.38. The molecule has 2 aliphatic heterocycles. The van der Waals surface area contributed by atoms with Gasteiger partial charge in [0.25, 0.3) is 7.82 Å². The number of thioether (sulfide) groups is 1. The molecule has 2 heterocycles. The van der Waals surface area contributed by atoms with Crippen molar-refractivity contribution in [3.05, 3.63) is 0 Å². The minimum Gasteiger partial charge on any atom is -0.790 e. The molecule has 1 saturated carbocycles. The van der Waals surface area contributed by atoms with Crippen molar-refractivity contribution in [2.45, 2.75) is 86.7 Å². The molecule has 0 bridgehead atoms. The SMILES string of the molecule is COP(=O)([O-])[C@@](O)(C1CCCCC1)[C@H]1SC(CCOP(=O)([O-])OP(=O)([O-])[O-])C(C)[NH+]1CC1C[NH2+]C(C)[NH2+]C1[NH3+]. The standard InChI is InChI=1S/C20H43N4O11P3S/c1-13-17(9-10-34-38(31,32)35-37(28,29)30)39-19(24(13)12-15-11-22-14(2)23-18(15)21)20(25,36(26,27)33-3)16-7-5-4-6-8-16/h13-19,22-23,25H,4-12,21H2,1-3H3,(H,26,27)(H,31,32)(H2,28,29,30)/t13?,14?,15?,17?,18?,19-,20+/m1/s1. The van der Waals surface area contributed by atoms with E-state index in [1.807, 2.05) is 6.92 Å². The van der Waals surface area contributed by atoms with Crippen LogP contribution in [0.2, 0.25) is 0 Å². The lowest BCUT2D eigenvalue weighted by Crippen LogP contribution is -3.26. The van der Waals surface area contributed by atoms with Gasteiger partial charge in [0.2, 0.25) is 12.3 Å². The van der Waals surface area contributed by atoms with Crippen molar-refractivity contribution in [3.63, 3.8) is 0 Å². The first-order valence-corrected chi connectivity index (χ1v) is 18.7. The molecule has 0 aromatic rings. The van der Waals surface area contributed by atoms with Crippen LogP contribution in [0.3, 0.4) is 0 Å². The van der Waals surface area contributed by atoms with E-state index in [0.717, 1.165) is 37.8 Å². The van der Waals surface area contributed by atoms with E-state index in [0.29, 0.717) is 25.6 Å². The van der Waals surface area contributed by atoms with Crippen molar-refractivity contribution in [1.82, 2.24) is 0 Å². The van der Waals surface area contributed by atoms with Crippen LogP contribution < -0.4 is 40.8 Å². The van der Waals surface area contributed by atoms with E-state index in [4.69, 9.17) is 4.52 Å². The number of nitrogens with one attached hydrogen (secondary N) is 1. The predicted molar refractivity (Wildman–Crippen MR) is 132 cm³/mol. The van der Waals surface area contributed by atoms with Crippen LogP contribution in [0, 0.1) is 11.8 Å². The minimum atomic E-state index is -5.81. The van der Waals surface area contributed by atoms with Gasteiger partial charge in [-0.05, 0) is 26.2 Å². The second-order valence-corrected chi connectivity index (χ2v) is 17.1. The summed E-state index contributed by atoms with van der Waals surface area (Å²) in [5, 5.41) is 13.2. The normalized spacial score (nSPS) is 37.6. The minimum absolute atomic E-state index is 0.0281. The van der Waals surface area contributed by atoms with Gasteiger partial charge in [0.1, 0.15) is 6.54 Å². The Hall–Kier alpha value is 0.560. The maximum atomic E-state index is 13.4. The average Bonchev–Trinajstić information content (AvgIpc) is 3.14. The molecule has 10 atom stereocenters. The fourth-order valence-corrected chi connectivity index (χ4v) is 11.6. The molecule has 0 spiro atoms. The summed E-state index contributed by atoms with van der Waals surface area (Å²) in [6, 6.07) is -0.237. The van der Waals surface area contributed by atoms with Crippen molar-refractivity contribution in [2.75, 3.05) is 26.8 Å².